The first-order valence-corrected chi connectivity index (χ1v) is 9.11. The van der Waals surface area contributed by atoms with Gasteiger partial charge in [0, 0.05) is 11.1 Å². The molecule has 0 aromatic heterocycles. The van der Waals surface area contributed by atoms with Crippen LogP contribution in [0.2, 0.25) is 10.0 Å². The molecule has 5 heteroatoms. The van der Waals surface area contributed by atoms with Gasteiger partial charge in [-0.15, -0.1) is 0 Å². The van der Waals surface area contributed by atoms with E-state index >= 15 is 0 Å². The number of fused-ring (bicyclic) bond motifs is 2. The van der Waals surface area contributed by atoms with Crippen LogP contribution in [0.4, 0.5) is 0 Å². The van der Waals surface area contributed by atoms with Gasteiger partial charge in [-0.2, -0.15) is 0 Å². The van der Waals surface area contributed by atoms with E-state index in [4.69, 9.17) is 27.9 Å². The van der Waals surface area contributed by atoms with Gasteiger partial charge >= 0.3 is 0 Å². The Morgan fingerprint density at radius 3 is 2.65 bits per heavy atom. The number of benzene rings is 1. The second kappa shape index (κ2) is 6.90. The van der Waals surface area contributed by atoms with Gasteiger partial charge in [0.2, 0.25) is 0 Å². The van der Waals surface area contributed by atoms with Gasteiger partial charge in [0.05, 0.1) is 5.02 Å². The number of carbonyl (C=O) groups excluding carboxylic acids is 1. The Labute approximate surface area is 147 Å². The lowest BCUT2D eigenvalue weighted by Gasteiger charge is -2.29. The van der Waals surface area contributed by atoms with Crippen molar-refractivity contribution in [1.29, 1.82) is 0 Å². The van der Waals surface area contributed by atoms with Crippen LogP contribution in [-0.4, -0.2) is 18.1 Å². The zero-order valence-corrected chi connectivity index (χ0v) is 15.0. The van der Waals surface area contributed by atoms with Gasteiger partial charge in [0.25, 0.3) is 5.91 Å². The molecule has 3 rings (SSSR count). The maximum Gasteiger partial charge on any atom is 0.260 e. The average Bonchev–Trinajstić information content (AvgIpc) is 3.12. The fourth-order valence-electron chi connectivity index (χ4n) is 4.17. The van der Waals surface area contributed by atoms with E-state index in [-0.39, 0.29) is 11.9 Å². The minimum absolute atomic E-state index is 0.0914. The summed E-state index contributed by atoms with van der Waals surface area (Å²) in [6.45, 7) is 3.86. The third-order valence-electron chi connectivity index (χ3n) is 5.37. The second-order valence-electron chi connectivity index (χ2n) is 6.97. The predicted molar refractivity (Wildman–Crippen MR) is 93.1 cm³/mol. The van der Waals surface area contributed by atoms with Crippen molar-refractivity contribution < 1.29 is 9.53 Å². The van der Waals surface area contributed by atoms with E-state index < -0.39 is 6.10 Å². The number of halogens is 2. The molecule has 2 aliphatic carbocycles. The number of hydrogen-bond donors (Lipinski definition) is 1. The Morgan fingerprint density at radius 2 is 2.04 bits per heavy atom. The third-order valence-corrected chi connectivity index (χ3v) is 5.90. The summed E-state index contributed by atoms with van der Waals surface area (Å²) in [4.78, 5) is 12.4. The molecule has 23 heavy (non-hydrogen) atoms. The minimum atomic E-state index is -0.588. The van der Waals surface area contributed by atoms with Crippen LogP contribution in [-0.2, 0) is 4.79 Å². The van der Waals surface area contributed by atoms with Crippen LogP contribution in [0.1, 0.15) is 39.5 Å². The normalized spacial score (nSPS) is 28.4. The highest BCUT2D eigenvalue weighted by Gasteiger charge is 2.42. The van der Waals surface area contributed by atoms with Crippen LogP contribution in [0.15, 0.2) is 18.2 Å². The summed E-state index contributed by atoms with van der Waals surface area (Å²) in [7, 11) is 0. The topological polar surface area (TPSA) is 38.3 Å². The highest BCUT2D eigenvalue weighted by atomic mass is 35.5. The van der Waals surface area contributed by atoms with Gasteiger partial charge in [-0.3, -0.25) is 4.79 Å². The average molecular weight is 356 g/mol. The van der Waals surface area contributed by atoms with Crippen molar-refractivity contribution in [3.8, 4) is 5.75 Å². The number of carbonyl (C=O) groups is 1. The Hall–Kier alpha value is -0.930. The number of ether oxygens (including phenoxy) is 1. The Bertz CT molecular complexity index is 592. The molecular formula is C18H23Cl2NO2. The summed E-state index contributed by atoms with van der Waals surface area (Å²) in [5.74, 6) is 2.67. The third kappa shape index (κ3) is 3.77. The zero-order valence-electron chi connectivity index (χ0n) is 13.5. The summed E-state index contributed by atoms with van der Waals surface area (Å²) in [5.41, 5.74) is 0. The second-order valence-corrected chi connectivity index (χ2v) is 7.81. The number of amides is 1. The fourth-order valence-corrected chi connectivity index (χ4v) is 4.62. The van der Waals surface area contributed by atoms with Crippen molar-refractivity contribution in [2.75, 3.05) is 0 Å². The van der Waals surface area contributed by atoms with E-state index in [1.165, 1.54) is 25.7 Å². The molecule has 2 saturated carbocycles. The lowest BCUT2D eigenvalue weighted by molar-refractivity contribution is -0.128. The molecule has 0 radical (unpaired) electrons. The number of hydrogen-bond acceptors (Lipinski definition) is 2. The molecule has 1 aromatic carbocycles. The van der Waals surface area contributed by atoms with E-state index in [2.05, 4.69) is 12.2 Å². The summed E-state index contributed by atoms with van der Waals surface area (Å²) in [5, 5.41) is 4.09. The molecule has 1 N–H and O–H groups in total. The molecule has 0 heterocycles. The van der Waals surface area contributed by atoms with Crippen LogP contribution in [0, 0.1) is 17.8 Å². The predicted octanol–water partition coefficient (Wildman–Crippen LogP) is 4.70. The molecule has 1 aromatic rings. The SMILES string of the molecule is C[C@H](NC(=O)[C@@H](C)Oc1ccc(Cl)cc1Cl)[C@@H]1C[C@@H]2CC[C@@H]1C2. The van der Waals surface area contributed by atoms with Crippen molar-refractivity contribution in [2.24, 2.45) is 17.8 Å². The van der Waals surface area contributed by atoms with Crippen molar-refractivity contribution in [3.63, 3.8) is 0 Å². The lowest BCUT2D eigenvalue weighted by atomic mass is 9.84. The maximum atomic E-state index is 12.4. The molecule has 0 saturated heterocycles. The first-order chi connectivity index (χ1) is 10.9. The van der Waals surface area contributed by atoms with Crippen LogP contribution in [0.25, 0.3) is 0 Å². The van der Waals surface area contributed by atoms with Crippen LogP contribution < -0.4 is 10.1 Å². The minimum Gasteiger partial charge on any atom is -0.479 e. The summed E-state index contributed by atoms with van der Waals surface area (Å²) >= 11 is 12.0. The van der Waals surface area contributed by atoms with Gasteiger partial charge in [0.1, 0.15) is 5.75 Å². The molecule has 5 atom stereocenters. The molecule has 2 fully saturated rings. The smallest absolute Gasteiger partial charge is 0.260 e. The van der Waals surface area contributed by atoms with Crippen molar-refractivity contribution in [2.45, 2.75) is 51.7 Å². The highest BCUT2D eigenvalue weighted by Crippen LogP contribution is 2.49. The van der Waals surface area contributed by atoms with Gasteiger partial charge in [-0.1, -0.05) is 29.6 Å². The summed E-state index contributed by atoms with van der Waals surface area (Å²) in [6, 6.07) is 5.20. The standard InChI is InChI=1S/C18H23Cl2NO2/c1-10(15-8-12-3-4-13(15)7-12)21-18(22)11(2)23-17-6-5-14(19)9-16(17)20/h5-6,9-13,15H,3-4,7-8H2,1-2H3,(H,21,22)/t10-,11+,12+,13+,15-/m0/s1. The van der Waals surface area contributed by atoms with Gasteiger partial charge < -0.3 is 10.1 Å². The van der Waals surface area contributed by atoms with E-state index in [0.29, 0.717) is 21.7 Å². The molecule has 2 bridgehead atoms. The van der Waals surface area contributed by atoms with E-state index in [1.807, 2.05) is 0 Å². The van der Waals surface area contributed by atoms with Gasteiger partial charge in [-0.05, 0) is 69.1 Å². The van der Waals surface area contributed by atoms with Crippen LogP contribution in [0.3, 0.4) is 0 Å². The summed E-state index contributed by atoms with van der Waals surface area (Å²) < 4.78 is 5.68. The molecule has 126 valence electrons. The number of nitrogens with one attached hydrogen (secondary N) is 1. The maximum absolute atomic E-state index is 12.4. The molecule has 3 nitrogen and oxygen atoms in total. The van der Waals surface area contributed by atoms with E-state index in [9.17, 15) is 4.79 Å². The monoisotopic (exact) mass is 355 g/mol. The van der Waals surface area contributed by atoms with Gasteiger partial charge in [0.15, 0.2) is 6.10 Å². The Kier molecular flexibility index (Phi) is 5.07. The van der Waals surface area contributed by atoms with Crippen LogP contribution in [0.5, 0.6) is 5.75 Å². The highest BCUT2D eigenvalue weighted by molar-refractivity contribution is 6.35. The largest absolute Gasteiger partial charge is 0.479 e. The van der Waals surface area contributed by atoms with E-state index in [1.54, 1.807) is 25.1 Å². The zero-order chi connectivity index (χ0) is 16.6. The first kappa shape index (κ1) is 16.9. The lowest BCUT2D eigenvalue weighted by Crippen LogP contribution is -2.45. The molecule has 2 aliphatic rings. The Balaban J connectivity index is 1.55. The van der Waals surface area contributed by atoms with Crippen molar-refractivity contribution >= 4 is 29.1 Å². The van der Waals surface area contributed by atoms with Gasteiger partial charge in [-0.25, -0.2) is 0 Å². The molecular weight excluding hydrogens is 333 g/mol. The molecule has 0 unspecified atom stereocenters. The molecule has 0 spiro atoms. The first-order valence-electron chi connectivity index (χ1n) is 8.36. The van der Waals surface area contributed by atoms with E-state index in [0.717, 1.165) is 11.8 Å². The molecule has 0 aliphatic heterocycles. The molecule has 1 amide bonds. The van der Waals surface area contributed by atoms with Crippen molar-refractivity contribution in [1.82, 2.24) is 5.32 Å². The quantitative estimate of drug-likeness (QED) is 0.830. The summed E-state index contributed by atoms with van der Waals surface area (Å²) in [6.07, 6.45) is 4.70. The van der Waals surface area contributed by atoms with Crippen molar-refractivity contribution in [3.05, 3.63) is 28.2 Å². The number of rotatable bonds is 5. The Morgan fingerprint density at radius 1 is 1.26 bits per heavy atom. The van der Waals surface area contributed by atoms with Crippen LogP contribution >= 0.6 is 23.2 Å². The fraction of sp³-hybridized carbons (Fsp3) is 0.611.